The van der Waals surface area contributed by atoms with Gasteiger partial charge in [-0.15, -0.1) is 0 Å². The first-order valence-corrected chi connectivity index (χ1v) is 8.28. The van der Waals surface area contributed by atoms with Crippen molar-refractivity contribution in [3.05, 3.63) is 65.5 Å². The van der Waals surface area contributed by atoms with Crippen molar-refractivity contribution in [2.45, 2.75) is 12.3 Å². The fourth-order valence-electron chi connectivity index (χ4n) is 1.77. The van der Waals surface area contributed by atoms with E-state index in [9.17, 15) is 8.42 Å². The highest BCUT2D eigenvalue weighted by atomic mass is 32.2. The van der Waals surface area contributed by atoms with Gasteiger partial charge in [-0.2, -0.15) is 0 Å². The average molecular weight is 321 g/mol. The van der Waals surface area contributed by atoms with Gasteiger partial charge in [0.15, 0.2) is 0 Å². The summed E-state index contributed by atoms with van der Waals surface area (Å²) in [5.41, 5.74) is 7.49. The molecule has 0 atom stereocenters. The molecule has 0 unspecified atom stereocenters. The summed E-state index contributed by atoms with van der Waals surface area (Å²) in [6.07, 6.45) is 1.62. The monoisotopic (exact) mass is 321 g/mol. The number of hydrogen-bond donors (Lipinski definition) is 2. The van der Waals surface area contributed by atoms with Crippen LogP contribution >= 0.6 is 12.2 Å². The molecule has 1 heterocycles. The zero-order valence-electron chi connectivity index (χ0n) is 11.2. The molecule has 0 bridgehead atoms. The van der Waals surface area contributed by atoms with Gasteiger partial charge in [0, 0.05) is 11.8 Å². The Balaban J connectivity index is 2.04. The van der Waals surface area contributed by atoms with Crippen LogP contribution in [0.1, 0.15) is 16.8 Å². The van der Waals surface area contributed by atoms with Gasteiger partial charge in [0.25, 0.3) is 0 Å². The van der Waals surface area contributed by atoms with E-state index in [4.69, 9.17) is 18.0 Å². The third-order valence-electron chi connectivity index (χ3n) is 2.77. The molecular formula is C14H15N3O2S2. The Labute approximate surface area is 129 Å². The molecule has 0 radical (unpaired) electrons. The molecule has 0 saturated carbocycles. The number of sulfonamides is 1. The van der Waals surface area contributed by atoms with Gasteiger partial charge in [-0.25, -0.2) is 13.1 Å². The lowest BCUT2D eigenvalue weighted by Crippen LogP contribution is -2.25. The second-order valence-corrected chi connectivity index (χ2v) is 6.71. The third kappa shape index (κ3) is 4.89. The number of nitrogens with one attached hydrogen (secondary N) is 1. The van der Waals surface area contributed by atoms with Crippen LogP contribution in [0.15, 0.2) is 48.7 Å². The number of nitrogens with two attached hydrogens (primary N) is 1. The van der Waals surface area contributed by atoms with Crippen LogP contribution in [0.2, 0.25) is 0 Å². The molecule has 0 amide bonds. The van der Waals surface area contributed by atoms with E-state index in [0.29, 0.717) is 16.8 Å². The zero-order valence-corrected chi connectivity index (χ0v) is 12.8. The topological polar surface area (TPSA) is 85.1 Å². The minimum absolute atomic E-state index is 0.129. The second kappa shape index (κ2) is 6.75. The Morgan fingerprint density at radius 3 is 2.71 bits per heavy atom. The number of benzene rings is 1. The van der Waals surface area contributed by atoms with Crippen molar-refractivity contribution in [3.8, 4) is 0 Å². The van der Waals surface area contributed by atoms with Gasteiger partial charge in [0.1, 0.15) is 4.99 Å². The fraction of sp³-hybridized carbons (Fsp3) is 0.143. The number of aromatic nitrogens is 1. The summed E-state index contributed by atoms with van der Waals surface area (Å²) in [6.45, 7) is 0.165. The lowest BCUT2D eigenvalue weighted by molar-refractivity contribution is 0.579. The Morgan fingerprint density at radius 1 is 1.24 bits per heavy atom. The molecular weight excluding hydrogens is 306 g/mol. The van der Waals surface area contributed by atoms with Crippen LogP contribution in [0.25, 0.3) is 0 Å². The van der Waals surface area contributed by atoms with Gasteiger partial charge in [-0.3, -0.25) is 4.98 Å². The standard InChI is InChI=1S/C14H15N3O2S2/c15-14(20)12-5-3-4-11(8-12)10-21(18,19)17-9-13-6-1-2-7-16-13/h1-8,17H,9-10H2,(H2,15,20). The van der Waals surface area contributed by atoms with Crippen molar-refractivity contribution in [3.63, 3.8) is 0 Å². The SMILES string of the molecule is NC(=S)c1cccc(CS(=O)(=O)NCc2ccccn2)c1. The maximum Gasteiger partial charge on any atom is 0.216 e. The highest BCUT2D eigenvalue weighted by Gasteiger charge is 2.12. The minimum atomic E-state index is -3.45. The van der Waals surface area contributed by atoms with Crippen molar-refractivity contribution in [1.82, 2.24) is 9.71 Å². The molecule has 0 saturated heterocycles. The van der Waals surface area contributed by atoms with Crippen molar-refractivity contribution in [2.75, 3.05) is 0 Å². The molecule has 21 heavy (non-hydrogen) atoms. The summed E-state index contributed by atoms with van der Waals surface area (Å²) < 4.78 is 26.6. The molecule has 0 spiro atoms. The molecule has 0 aliphatic carbocycles. The number of hydrogen-bond acceptors (Lipinski definition) is 4. The first kappa shape index (κ1) is 15.6. The molecule has 1 aromatic heterocycles. The van der Waals surface area contributed by atoms with Gasteiger partial charge in [0.05, 0.1) is 18.0 Å². The average Bonchev–Trinajstić information content (AvgIpc) is 2.46. The van der Waals surface area contributed by atoms with Crippen LogP contribution < -0.4 is 10.5 Å². The van der Waals surface area contributed by atoms with E-state index >= 15 is 0 Å². The van der Waals surface area contributed by atoms with Crippen LogP contribution in [-0.4, -0.2) is 18.4 Å². The molecule has 0 aliphatic heterocycles. The van der Waals surface area contributed by atoms with E-state index in [1.54, 1.807) is 42.6 Å². The van der Waals surface area contributed by atoms with E-state index in [1.807, 2.05) is 6.07 Å². The molecule has 2 aromatic rings. The number of thiocarbonyl (C=S) groups is 1. The minimum Gasteiger partial charge on any atom is -0.389 e. The summed E-state index contributed by atoms with van der Waals surface area (Å²) in [4.78, 5) is 4.31. The smallest absolute Gasteiger partial charge is 0.216 e. The van der Waals surface area contributed by atoms with E-state index < -0.39 is 10.0 Å². The Bertz CT molecular complexity index is 731. The summed E-state index contributed by atoms with van der Waals surface area (Å²) in [5.74, 6) is -0.129. The number of rotatable bonds is 6. The molecule has 110 valence electrons. The zero-order chi connectivity index (χ0) is 15.3. The lowest BCUT2D eigenvalue weighted by Gasteiger charge is -2.07. The highest BCUT2D eigenvalue weighted by Crippen LogP contribution is 2.09. The highest BCUT2D eigenvalue weighted by molar-refractivity contribution is 7.88. The van der Waals surface area contributed by atoms with Crippen LogP contribution in [0, 0.1) is 0 Å². The predicted molar refractivity (Wildman–Crippen MR) is 86.0 cm³/mol. The van der Waals surface area contributed by atoms with Crippen LogP contribution in [-0.2, 0) is 22.3 Å². The van der Waals surface area contributed by atoms with Gasteiger partial charge in [-0.1, -0.05) is 36.5 Å². The second-order valence-electron chi connectivity index (χ2n) is 4.47. The first-order valence-electron chi connectivity index (χ1n) is 6.22. The Hall–Kier alpha value is -1.83. The molecule has 1 aromatic carbocycles. The molecule has 5 nitrogen and oxygen atoms in total. The molecule has 0 aliphatic rings. The van der Waals surface area contributed by atoms with E-state index in [-0.39, 0.29) is 17.3 Å². The normalized spacial score (nSPS) is 11.2. The van der Waals surface area contributed by atoms with Gasteiger partial charge >= 0.3 is 0 Å². The summed E-state index contributed by atoms with van der Waals surface area (Å²) in [6, 6.07) is 12.2. The number of nitrogens with zero attached hydrogens (tertiary/aromatic N) is 1. The summed E-state index contributed by atoms with van der Waals surface area (Å²) in [5, 5.41) is 0. The third-order valence-corrected chi connectivity index (χ3v) is 4.30. The lowest BCUT2D eigenvalue weighted by atomic mass is 10.1. The van der Waals surface area contributed by atoms with E-state index in [1.165, 1.54) is 0 Å². The van der Waals surface area contributed by atoms with Gasteiger partial charge in [-0.05, 0) is 23.8 Å². The molecule has 0 fully saturated rings. The van der Waals surface area contributed by atoms with E-state index in [2.05, 4.69) is 9.71 Å². The molecule has 2 rings (SSSR count). The van der Waals surface area contributed by atoms with Crippen molar-refractivity contribution in [2.24, 2.45) is 5.73 Å². The quantitative estimate of drug-likeness (QED) is 0.784. The van der Waals surface area contributed by atoms with Crippen molar-refractivity contribution < 1.29 is 8.42 Å². The van der Waals surface area contributed by atoms with Crippen LogP contribution in [0.5, 0.6) is 0 Å². The number of pyridine rings is 1. The molecule has 7 heteroatoms. The first-order chi connectivity index (χ1) is 9.96. The molecule has 3 N–H and O–H groups in total. The predicted octanol–water partition coefficient (Wildman–Crippen LogP) is 1.34. The maximum atomic E-state index is 12.1. The summed E-state index contributed by atoms with van der Waals surface area (Å²) in [7, 11) is -3.45. The largest absolute Gasteiger partial charge is 0.389 e. The summed E-state index contributed by atoms with van der Waals surface area (Å²) >= 11 is 4.88. The maximum absolute atomic E-state index is 12.1. The van der Waals surface area contributed by atoms with Crippen LogP contribution in [0.3, 0.4) is 0 Å². The van der Waals surface area contributed by atoms with Crippen molar-refractivity contribution >= 4 is 27.2 Å². The Kier molecular flexibility index (Phi) is 5.00. The van der Waals surface area contributed by atoms with Gasteiger partial charge in [0.2, 0.25) is 10.0 Å². The van der Waals surface area contributed by atoms with E-state index in [0.717, 1.165) is 0 Å². The van der Waals surface area contributed by atoms with Crippen molar-refractivity contribution in [1.29, 1.82) is 0 Å². The van der Waals surface area contributed by atoms with Gasteiger partial charge < -0.3 is 5.73 Å². The fourth-order valence-corrected chi connectivity index (χ4v) is 2.99. The Morgan fingerprint density at radius 2 is 2.05 bits per heavy atom. The van der Waals surface area contributed by atoms with Crippen LogP contribution in [0.4, 0.5) is 0 Å².